The van der Waals surface area contributed by atoms with Crippen molar-refractivity contribution in [3.05, 3.63) is 207 Å². The molecule has 0 aromatic carbocycles. The lowest BCUT2D eigenvalue weighted by molar-refractivity contribution is -0.161. The summed E-state index contributed by atoms with van der Waals surface area (Å²) in [6.07, 6.45) is 101. The van der Waals surface area contributed by atoms with Gasteiger partial charge in [0.2, 0.25) is 0 Å². The molecule has 0 heterocycles. The summed E-state index contributed by atoms with van der Waals surface area (Å²) in [6, 6.07) is 0. The quantitative estimate of drug-likeness (QED) is 0.0169. The summed E-state index contributed by atoms with van der Waals surface area (Å²) < 4.78 is 68.6. The third kappa shape index (κ3) is 79.7. The molecule has 3 N–H and O–H groups in total. The maximum atomic E-state index is 13.1. The Morgan fingerprint density at radius 1 is 0.255 bits per heavy atom. The SMILES string of the molecule is CC/C=C\C/C=C\C/C=C\C/C=C\C/C=C\C/C=C\CCC(=O)OCC(COP(=O)(O)OCC(O)COP(=O)(O)OCC(COC(=O)CCCCCC/C=C\C/C=C\C/C=C\C/C=C\CC)OC(=O)CCCCCCC/C=C\C/C=C\C/C=C\CC)OC(=O)CCCCCCCC/C=C\C/C=C\C/C=C\C/C=C\CC. The average molecular weight is 1570 g/mol. The van der Waals surface area contributed by atoms with Crippen molar-refractivity contribution in [2.75, 3.05) is 39.6 Å². The molecule has 0 aliphatic carbocycles. The number of carbonyl (C=O) groups excluding carboxylic acids is 4. The minimum atomic E-state index is -5.02. The Hall–Kier alpha value is -6.36. The normalized spacial score (nSPS) is 14.9. The molecule has 5 unspecified atom stereocenters. The van der Waals surface area contributed by atoms with Crippen LogP contribution in [0, 0.1) is 0 Å². The van der Waals surface area contributed by atoms with Crippen LogP contribution in [-0.2, 0) is 65.4 Å². The Labute approximate surface area is 665 Å². The monoisotopic (exact) mass is 1570 g/mol. The van der Waals surface area contributed by atoms with Crippen LogP contribution < -0.4 is 0 Å². The van der Waals surface area contributed by atoms with Gasteiger partial charge < -0.3 is 33.8 Å². The van der Waals surface area contributed by atoms with Crippen LogP contribution in [0.4, 0.5) is 0 Å². The number of aliphatic hydroxyl groups is 1. The molecular formula is C91H144O17P2. The molecule has 0 aliphatic rings. The summed E-state index contributed by atoms with van der Waals surface area (Å²) in [7, 11) is -10.0. The van der Waals surface area contributed by atoms with E-state index in [4.69, 9.17) is 37.0 Å². The summed E-state index contributed by atoms with van der Waals surface area (Å²) in [5.41, 5.74) is 0. The van der Waals surface area contributed by atoms with Crippen molar-refractivity contribution < 1.29 is 80.2 Å². The highest BCUT2D eigenvalue weighted by Crippen LogP contribution is 2.45. The minimum Gasteiger partial charge on any atom is -0.462 e. The van der Waals surface area contributed by atoms with Gasteiger partial charge in [0.05, 0.1) is 26.4 Å². The third-order valence-electron chi connectivity index (χ3n) is 16.2. The average Bonchev–Trinajstić information content (AvgIpc) is 0.900. The van der Waals surface area contributed by atoms with Crippen molar-refractivity contribution in [1.29, 1.82) is 0 Å². The zero-order chi connectivity index (χ0) is 80.3. The van der Waals surface area contributed by atoms with Gasteiger partial charge in [-0.1, -0.05) is 292 Å². The van der Waals surface area contributed by atoms with Crippen molar-refractivity contribution in [3.8, 4) is 0 Å². The van der Waals surface area contributed by atoms with Gasteiger partial charge in [0.1, 0.15) is 19.3 Å². The second kappa shape index (κ2) is 80.7. The Morgan fingerprint density at radius 3 is 0.736 bits per heavy atom. The lowest BCUT2D eigenvalue weighted by Crippen LogP contribution is -2.30. The molecule has 0 bridgehead atoms. The number of rotatable bonds is 75. The second-order valence-electron chi connectivity index (χ2n) is 26.5. The van der Waals surface area contributed by atoms with E-state index in [0.717, 1.165) is 199 Å². The van der Waals surface area contributed by atoms with Crippen LogP contribution in [0.15, 0.2) is 207 Å². The third-order valence-corrected chi connectivity index (χ3v) is 18.1. The number of phosphoric ester groups is 2. The number of hydrogen-bond donors (Lipinski definition) is 3. The summed E-state index contributed by atoms with van der Waals surface area (Å²) in [5, 5.41) is 10.7. The lowest BCUT2D eigenvalue weighted by atomic mass is 10.1. The molecule has 0 saturated carbocycles. The zero-order valence-electron chi connectivity index (χ0n) is 67.8. The number of esters is 4. The van der Waals surface area contributed by atoms with Gasteiger partial charge >= 0.3 is 39.5 Å². The van der Waals surface area contributed by atoms with E-state index >= 15 is 0 Å². The van der Waals surface area contributed by atoms with Gasteiger partial charge in [0.15, 0.2) is 12.2 Å². The topological polar surface area (TPSA) is 237 Å². The van der Waals surface area contributed by atoms with Crippen molar-refractivity contribution in [2.45, 2.75) is 303 Å². The predicted molar refractivity (Wildman–Crippen MR) is 454 cm³/mol. The fraction of sp³-hybridized carbons (Fsp3) is 0.582. The molecule has 0 fully saturated rings. The van der Waals surface area contributed by atoms with Crippen LogP contribution in [0.3, 0.4) is 0 Å². The van der Waals surface area contributed by atoms with E-state index < -0.39 is 97.5 Å². The molecule has 17 nitrogen and oxygen atoms in total. The maximum Gasteiger partial charge on any atom is 0.472 e. The molecule has 5 atom stereocenters. The zero-order valence-corrected chi connectivity index (χ0v) is 69.6. The van der Waals surface area contributed by atoms with Gasteiger partial charge in [-0.3, -0.25) is 37.3 Å². The molecule has 110 heavy (non-hydrogen) atoms. The standard InChI is InChI=1S/C91H144O17P2/c1-5-9-13-17-21-25-29-33-37-40-42-45-49-52-56-60-64-68-72-76-89(94)102-82-87(108-91(96)78-74-70-66-62-58-54-50-46-43-41-38-34-30-26-22-18-14-10-6-2)84-106-110(99,100)104-80-85(92)79-103-109(97,98)105-83-86(107-90(95)77-73-69-65-61-57-53-47-36-32-28-24-20-16-12-8-4)81-101-88(93)75-71-67-63-59-55-51-48-44-39-35-31-27-23-19-15-11-7-3/h9-16,21-28,33-39,42-43,45-48,51-52,56,64,68,85-87,92H,5-8,17-20,29-32,40-41,44,49-50,53-55,57-63,65-67,69-84H2,1-4H3,(H,97,98)(H,99,100)/b13-9-,14-10-,15-11-,16-12-,25-21-,26-22-,27-23-,28-24-,37-33-,38-34-,39-35-,45-42-,46-43-,47-36-,51-48-,56-52-,68-64-. The number of phosphoric acid groups is 2. The number of allylic oxidation sites excluding steroid dienone is 34. The van der Waals surface area contributed by atoms with Gasteiger partial charge in [-0.2, -0.15) is 0 Å². The van der Waals surface area contributed by atoms with Gasteiger partial charge in [0.25, 0.3) is 0 Å². The summed E-state index contributed by atoms with van der Waals surface area (Å²) >= 11 is 0. The van der Waals surface area contributed by atoms with E-state index in [1.54, 1.807) is 0 Å². The van der Waals surface area contributed by atoms with Crippen LogP contribution >= 0.6 is 15.6 Å². The molecule has 0 rings (SSSR count). The van der Waals surface area contributed by atoms with Crippen LogP contribution in [-0.4, -0.2) is 96.7 Å². The van der Waals surface area contributed by atoms with E-state index in [1.165, 1.54) is 0 Å². The molecule has 620 valence electrons. The van der Waals surface area contributed by atoms with Crippen molar-refractivity contribution >= 4 is 39.5 Å². The fourth-order valence-electron chi connectivity index (χ4n) is 10.1. The lowest BCUT2D eigenvalue weighted by Gasteiger charge is -2.21. The Balaban J connectivity index is 5.52. The first-order chi connectivity index (χ1) is 53.7. The molecule has 0 saturated heterocycles. The second-order valence-corrected chi connectivity index (χ2v) is 29.4. The van der Waals surface area contributed by atoms with Gasteiger partial charge in [-0.15, -0.1) is 0 Å². The van der Waals surface area contributed by atoms with Gasteiger partial charge in [0, 0.05) is 25.7 Å². The first-order valence-corrected chi connectivity index (χ1v) is 44.3. The summed E-state index contributed by atoms with van der Waals surface area (Å²) in [6.45, 7) is 4.25. The Morgan fingerprint density at radius 2 is 0.464 bits per heavy atom. The Kier molecular flexibility index (Phi) is 76.0. The summed E-state index contributed by atoms with van der Waals surface area (Å²) in [4.78, 5) is 73.2. The van der Waals surface area contributed by atoms with Crippen molar-refractivity contribution in [2.24, 2.45) is 0 Å². The summed E-state index contributed by atoms with van der Waals surface area (Å²) in [5.74, 6) is -2.35. The van der Waals surface area contributed by atoms with Crippen LogP contribution in [0.1, 0.15) is 285 Å². The predicted octanol–water partition coefficient (Wildman–Crippen LogP) is 24.7. The minimum absolute atomic E-state index is 0.0237. The van der Waals surface area contributed by atoms with E-state index in [1.807, 2.05) is 18.2 Å². The number of ether oxygens (including phenoxy) is 4. The number of unbranched alkanes of at least 4 members (excludes halogenated alkanes) is 15. The van der Waals surface area contributed by atoms with E-state index in [0.29, 0.717) is 32.1 Å². The smallest absolute Gasteiger partial charge is 0.462 e. The van der Waals surface area contributed by atoms with Crippen LogP contribution in [0.5, 0.6) is 0 Å². The molecule has 0 aromatic rings. The molecule has 0 amide bonds. The highest BCUT2D eigenvalue weighted by molar-refractivity contribution is 7.47. The Bertz CT molecular complexity index is 2900. The first-order valence-electron chi connectivity index (χ1n) is 41.3. The molecule has 0 aromatic heterocycles. The number of aliphatic hydroxyl groups excluding tert-OH is 1. The van der Waals surface area contributed by atoms with Crippen LogP contribution in [0.2, 0.25) is 0 Å². The highest BCUT2D eigenvalue weighted by atomic mass is 31.2. The number of carbonyl (C=O) groups is 4. The molecule has 0 radical (unpaired) electrons. The fourth-order valence-corrected chi connectivity index (χ4v) is 11.7. The number of hydrogen-bond acceptors (Lipinski definition) is 15. The van der Waals surface area contributed by atoms with Crippen LogP contribution in [0.25, 0.3) is 0 Å². The highest BCUT2D eigenvalue weighted by Gasteiger charge is 2.30. The van der Waals surface area contributed by atoms with E-state index in [2.05, 4.69) is 216 Å². The van der Waals surface area contributed by atoms with Gasteiger partial charge in [-0.25, -0.2) is 9.13 Å². The molecule has 0 spiro atoms. The van der Waals surface area contributed by atoms with Crippen molar-refractivity contribution in [1.82, 2.24) is 0 Å². The molecular weight excluding hydrogens is 1430 g/mol. The van der Waals surface area contributed by atoms with E-state index in [-0.39, 0.29) is 25.7 Å². The molecule has 19 heteroatoms. The van der Waals surface area contributed by atoms with Crippen molar-refractivity contribution in [3.63, 3.8) is 0 Å². The molecule has 0 aliphatic heterocycles. The maximum absolute atomic E-state index is 13.1. The largest absolute Gasteiger partial charge is 0.472 e. The first kappa shape index (κ1) is 104. The van der Waals surface area contributed by atoms with Gasteiger partial charge in [-0.05, 0) is 173 Å². The van der Waals surface area contributed by atoms with E-state index in [9.17, 15) is 43.2 Å².